The highest BCUT2D eigenvalue weighted by Gasteiger charge is 2.14. The predicted molar refractivity (Wildman–Crippen MR) is 84.2 cm³/mol. The molecule has 0 amide bonds. The number of hydrogen-bond donors (Lipinski definition) is 0. The van der Waals surface area contributed by atoms with Gasteiger partial charge in [-0.2, -0.15) is 0 Å². The van der Waals surface area contributed by atoms with Crippen molar-refractivity contribution in [3.8, 4) is 16.9 Å². The third-order valence-electron chi connectivity index (χ3n) is 3.79. The van der Waals surface area contributed by atoms with Crippen LogP contribution < -0.4 is 4.74 Å². The molecule has 0 spiro atoms. The molecule has 0 fully saturated rings. The number of aryl methyl sites for hydroxylation is 1. The molecular weight excluding hydrogens is 262 g/mol. The lowest BCUT2D eigenvalue weighted by Gasteiger charge is -2.07. The second kappa shape index (κ2) is 5.44. The van der Waals surface area contributed by atoms with Crippen LogP contribution in [0, 0.1) is 0 Å². The van der Waals surface area contributed by atoms with E-state index in [1.165, 1.54) is 5.56 Å². The van der Waals surface area contributed by atoms with Crippen LogP contribution in [-0.2, 0) is 6.42 Å². The maximum atomic E-state index is 11.6. The van der Waals surface area contributed by atoms with Crippen molar-refractivity contribution in [2.24, 2.45) is 0 Å². The minimum absolute atomic E-state index is 0.657. The summed E-state index contributed by atoms with van der Waals surface area (Å²) >= 11 is 0. The number of methoxy groups -OCH3 is 1. The molecule has 3 heteroatoms. The van der Waals surface area contributed by atoms with E-state index in [1.54, 1.807) is 7.11 Å². The van der Waals surface area contributed by atoms with E-state index in [9.17, 15) is 4.79 Å². The lowest BCUT2D eigenvalue weighted by Crippen LogP contribution is -1.95. The van der Waals surface area contributed by atoms with Gasteiger partial charge in [0.15, 0.2) is 6.29 Å². The summed E-state index contributed by atoms with van der Waals surface area (Å²) in [5.74, 6) is 0.771. The van der Waals surface area contributed by atoms with Crippen LogP contribution >= 0.6 is 0 Å². The van der Waals surface area contributed by atoms with Gasteiger partial charge in [-0.25, -0.2) is 0 Å². The molecule has 0 unspecified atom stereocenters. The summed E-state index contributed by atoms with van der Waals surface area (Å²) < 4.78 is 7.37. The lowest BCUT2D eigenvalue weighted by atomic mass is 10.1. The standard InChI is InChI=1S/C18H17NO2/c1-3-13-8-9-14-10-16(17(12-20)19(14)11-13)15-6-4-5-7-18(15)21-2/h4-12H,3H2,1-2H3. The predicted octanol–water partition coefficient (Wildman–Crippen LogP) is 3.99. The summed E-state index contributed by atoms with van der Waals surface area (Å²) in [5.41, 5.74) is 4.70. The van der Waals surface area contributed by atoms with Gasteiger partial charge in [-0.05, 0) is 30.2 Å². The van der Waals surface area contributed by atoms with Gasteiger partial charge in [-0.15, -0.1) is 0 Å². The molecule has 3 rings (SSSR count). The molecule has 0 aliphatic rings. The molecule has 106 valence electrons. The summed E-state index contributed by atoms with van der Waals surface area (Å²) in [6.45, 7) is 2.10. The number of para-hydroxylation sites is 1. The molecule has 2 heterocycles. The van der Waals surface area contributed by atoms with Gasteiger partial charge in [-0.3, -0.25) is 4.79 Å². The van der Waals surface area contributed by atoms with Gasteiger partial charge in [0, 0.05) is 22.8 Å². The second-order valence-corrected chi connectivity index (χ2v) is 4.95. The number of nitrogens with zero attached hydrogens (tertiary/aromatic N) is 1. The highest BCUT2D eigenvalue weighted by Crippen LogP contribution is 2.33. The average Bonchev–Trinajstić information content (AvgIpc) is 2.91. The van der Waals surface area contributed by atoms with Crippen LogP contribution in [0.3, 0.4) is 0 Å². The third kappa shape index (κ3) is 2.21. The third-order valence-corrected chi connectivity index (χ3v) is 3.79. The van der Waals surface area contributed by atoms with Gasteiger partial charge < -0.3 is 9.14 Å². The summed E-state index contributed by atoms with van der Waals surface area (Å²) in [7, 11) is 1.64. The number of aromatic nitrogens is 1. The number of ether oxygens (including phenoxy) is 1. The van der Waals surface area contributed by atoms with E-state index in [-0.39, 0.29) is 0 Å². The first-order chi connectivity index (χ1) is 10.3. The van der Waals surface area contributed by atoms with Crippen molar-refractivity contribution in [2.45, 2.75) is 13.3 Å². The summed E-state index contributed by atoms with van der Waals surface area (Å²) in [5, 5.41) is 0. The number of carbonyl (C=O) groups is 1. The van der Waals surface area contributed by atoms with Crippen molar-refractivity contribution in [1.29, 1.82) is 0 Å². The van der Waals surface area contributed by atoms with Crippen molar-refractivity contribution in [3.05, 3.63) is 59.9 Å². The highest BCUT2D eigenvalue weighted by molar-refractivity contribution is 5.91. The molecule has 2 aromatic heterocycles. The Morgan fingerprint density at radius 3 is 2.67 bits per heavy atom. The minimum Gasteiger partial charge on any atom is -0.496 e. The van der Waals surface area contributed by atoms with Crippen LogP contribution in [-0.4, -0.2) is 17.8 Å². The largest absolute Gasteiger partial charge is 0.496 e. The fraction of sp³-hybridized carbons (Fsp3) is 0.167. The van der Waals surface area contributed by atoms with E-state index in [4.69, 9.17) is 4.74 Å². The molecule has 0 aliphatic carbocycles. The van der Waals surface area contributed by atoms with Gasteiger partial charge >= 0.3 is 0 Å². The van der Waals surface area contributed by atoms with Crippen molar-refractivity contribution in [1.82, 2.24) is 4.40 Å². The quantitative estimate of drug-likeness (QED) is 0.676. The summed E-state index contributed by atoms with van der Waals surface area (Å²) in [6.07, 6.45) is 3.88. The van der Waals surface area contributed by atoms with Crippen LogP contribution in [0.5, 0.6) is 5.75 Å². The Labute approximate surface area is 123 Å². The molecule has 0 aliphatic heterocycles. The molecule has 3 aromatic rings. The van der Waals surface area contributed by atoms with E-state index in [0.717, 1.165) is 35.1 Å². The molecule has 21 heavy (non-hydrogen) atoms. The molecule has 1 aromatic carbocycles. The minimum atomic E-state index is 0.657. The van der Waals surface area contributed by atoms with Crippen molar-refractivity contribution in [2.75, 3.05) is 7.11 Å². The molecule has 0 saturated carbocycles. The number of hydrogen-bond acceptors (Lipinski definition) is 2. The highest BCUT2D eigenvalue weighted by atomic mass is 16.5. The number of carbonyl (C=O) groups excluding carboxylic acids is 1. The zero-order valence-electron chi connectivity index (χ0n) is 12.2. The van der Waals surface area contributed by atoms with E-state index in [1.807, 2.05) is 47.0 Å². The normalized spacial score (nSPS) is 10.8. The molecule has 0 atom stereocenters. The van der Waals surface area contributed by atoms with Gasteiger partial charge in [0.25, 0.3) is 0 Å². The summed E-state index contributed by atoms with van der Waals surface area (Å²) in [4.78, 5) is 11.6. The molecule has 3 nitrogen and oxygen atoms in total. The monoisotopic (exact) mass is 279 g/mol. The Bertz CT molecular complexity index is 802. The van der Waals surface area contributed by atoms with Crippen LogP contribution in [0.2, 0.25) is 0 Å². The lowest BCUT2D eigenvalue weighted by molar-refractivity contribution is 0.111. The smallest absolute Gasteiger partial charge is 0.167 e. The molecular formula is C18H17NO2. The number of rotatable bonds is 4. The van der Waals surface area contributed by atoms with Crippen LogP contribution in [0.25, 0.3) is 16.6 Å². The Kier molecular flexibility index (Phi) is 3.48. The first kappa shape index (κ1) is 13.4. The van der Waals surface area contributed by atoms with Gasteiger partial charge in [0.2, 0.25) is 0 Å². The Morgan fingerprint density at radius 2 is 1.95 bits per heavy atom. The fourth-order valence-electron chi connectivity index (χ4n) is 2.65. The molecule has 0 N–H and O–H groups in total. The fourth-order valence-corrected chi connectivity index (χ4v) is 2.65. The first-order valence-electron chi connectivity index (χ1n) is 7.01. The first-order valence-corrected chi connectivity index (χ1v) is 7.01. The van der Waals surface area contributed by atoms with Gasteiger partial charge in [0.05, 0.1) is 12.8 Å². The van der Waals surface area contributed by atoms with E-state index < -0.39 is 0 Å². The number of fused-ring (bicyclic) bond motifs is 1. The maximum absolute atomic E-state index is 11.6. The van der Waals surface area contributed by atoms with Gasteiger partial charge in [-0.1, -0.05) is 31.2 Å². The topological polar surface area (TPSA) is 30.7 Å². The molecule has 0 radical (unpaired) electrons. The van der Waals surface area contributed by atoms with Crippen LogP contribution in [0.15, 0.2) is 48.7 Å². The van der Waals surface area contributed by atoms with E-state index in [0.29, 0.717) is 5.69 Å². The van der Waals surface area contributed by atoms with E-state index >= 15 is 0 Å². The number of benzene rings is 1. The maximum Gasteiger partial charge on any atom is 0.167 e. The number of aldehydes is 1. The zero-order valence-corrected chi connectivity index (χ0v) is 12.2. The zero-order chi connectivity index (χ0) is 14.8. The van der Waals surface area contributed by atoms with Crippen molar-refractivity contribution in [3.63, 3.8) is 0 Å². The number of pyridine rings is 1. The van der Waals surface area contributed by atoms with Crippen molar-refractivity contribution < 1.29 is 9.53 Å². The van der Waals surface area contributed by atoms with Crippen molar-refractivity contribution >= 4 is 11.8 Å². The Hall–Kier alpha value is -2.55. The van der Waals surface area contributed by atoms with Gasteiger partial charge in [0.1, 0.15) is 5.75 Å². The van der Waals surface area contributed by atoms with E-state index in [2.05, 4.69) is 13.0 Å². The Balaban J connectivity index is 2.30. The average molecular weight is 279 g/mol. The summed E-state index contributed by atoms with van der Waals surface area (Å²) in [6, 6.07) is 13.9. The second-order valence-electron chi connectivity index (χ2n) is 4.95. The van der Waals surface area contributed by atoms with Crippen LogP contribution in [0.1, 0.15) is 23.0 Å². The SMILES string of the molecule is CCc1ccc2cc(-c3ccccc3OC)c(C=O)n2c1. The molecule has 0 saturated heterocycles. The molecule has 0 bridgehead atoms. The van der Waals surface area contributed by atoms with Crippen LogP contribution in [0.4, 0.5) is 0 Å². The Morgan fingerprint density at radius 1 is 1.14 bits per heavy atom.